The van der Waals surface area contributed by atoms with Crippen molar-refractivity contribution in [1.82, 2.24) is 0 Å². The molecule has 12 nitrogen and oxygen atoms in total. The quantitative estimate of drug-likeness (QED) is 0.112. The van der Waals surface area contributed by atoms with Crippen molar-refractivity contribution >= 4 is 37.3 Å². The van der Waals surface area contributed by atoms with E-state index in [1.54, 1.807) is 0 Å². The molecular weight excluding hydrogens is 937 g/mol. The van der Waals surface area contributed by atoms with Crippen LogP contribution in [0, 0.1) is 0 Å². The van der Waals surface area contributed by atoms with E-state index in [4.69, 9.17) is 28.4 Å². The summed E-state index contributed by atoms with van der Waals surface area (Å²) in [5, 5.41) is 0. The Labute approximate surface area is 441 Å². The molecule has 75 heavy (non-hydrogen) atoms. The summed E-state index contributed by atoms with van der Waals surface area (Å²) in [6.45, 7) is 41.2. The van der Waals surface area contributed by atoms with Crippen LogP contribution in [0.3, 0.4) is 0 Å². The first-order valence-corrected chi connectivity index (χ1v) is 24.4. The van der Waals surface area contributed by atoms with Crippen LogP contribution in [0.2, 0.25) is 0 Å². The molecule has 0 atom stereocenters. The zero-order valence-corrected chi connectivity index (χ0v) is 42.7. The van der Waals surface area contributed by atoms with E-state index >= 15 is 0 Å². The van der Waals surface area contributed by atoms with Crippen LogP contribution in [-0.2, 0) is 0 Å². The Bertz CT molecular complexity index is 2690. The van der Waals surface area contributed by atoms with E-state index in [0.717, 1.165) is 107 Å². The molecule has 9 aliphatic rings. The van der Waals surface area contributed by atoms with Crippen LogP contribution in [0.4, 0.5) is 0 Å². The van der Waals surface area contributed by atoms with Gasteiger partial charge in [0.05, 0.1) is 33.4 Å². The third kappa shape index (κ3) is 9.69. The predicted molar refractivity (Wildman–Crippen MR) is 300 cm³/mol. The second-order valence-corrected chi connectivity index (χ2v) is 16.4. The average Bonchev–Trinajstić information content (AvgIpc) is 4.17. The number of rotatable bonds is 0. The molecule has 12 heteroatoms. The fourth-order valence-corrected chi connectivity index (χ4v) is 9.58. The number of hydrogen-bond donors (Lipinski definition) is 0. The standard InChI is InChI=1S/3C17H14N2O2.6C2H4/c3*1-3-7-15-13(5-1)11-18-9-10-19-12-14-6-2-4-8-16(14)21-17(18,19)20-15;6*1-2/h3*1-8,11-12H,9-10H2;6*1-2H2/q3*+2;;;;;;. The molecule has 0 unspecified atom stereocenters. The summed E-state index contributed by atoms with van der Waals surface area (Å²) in [6, 6.07) is 45.7. The third-order valence-electron chi connectivity index (χ3n) is 12.7. The molecule has 0 N–H and O–H groups in total. The number of ether oxygens (including phenoxy) is 6. The van der Waals surface area contributed by atoms with E-state index in [0.29, 0.717) is 0 Å². The molecule has 378 valence electrons. The van der Waals surface area contributed by atoms with Gasteiger partial charge in [-0.15, -0.1) is 78.9 Å². The minimum Gasteiger partial charge on any atom is -0.341 e. The maximum absolute atomic E-state index is 6.27. The molecule has 6 aromatic carbocycles. The summed E-state index contributed by atoms with van der Waals surface area (Å²) >= 11 is 0. The van der Waals surface area contributed by atoms with Gasteiger partial charge in [-0.1, -0.05) is 100 Å². The normalized spacial score (nSPS) is 17.0. The second-order valence-electron chi connectivity index (χ2n) is 16.4. The summed E-state index contributed by atoms with van der Waals surface area (Å²) in [7, 11) is 0. The van der Waals surface area contributed by atoms with Gasteiger partial charge < -0.3 is 28.4 Å². The maximum Gasteiger partial charge on any atom is 0.704 e. The van der Waals surface area contributed by atoms with Gasteiger partial charge in [0.15, 0.2) is 71.8 Å². The highest BCUT2D eigenvalue weighted by Crippen LogP contribution is 2.39. The number of fused-ring (bicyclic) bond motifs is 6. The van der Waals surface area contributed by atoms with Gasteiger partial charge in [0, 0.05) is 0 Å². The van der Waals surface area contributed by atoms with Crippen molar-refractivity contribution in [2.24, 2.45) is 0 Å². The zero-order valence-electron chi connectivity index (χ0n) is 42.7. The predicted octanol–water partition coefficient (Wildman–Crippen LogP) is 9.79. The highest BCUT2D eigenvalue weighted by atomic mass is 16.8. The van der Waals surface area contributed by atoms with E-state index in [2.05, 4.69) is 180 Å². The van der Waals surface area contributed by atoms with Crippen molar-refractivity contribution in [2.45, 2.75) is 18.1 Å². The van der Waals surface area contributed by atoms with Gasteiger partial charge in [-0.3, -0.25) is 0 Å². The maximum atomic E-state index is 6.27. The van der Waals surface area contributed by atoms with E-state index in [1.807, 2.05) is 109 Å². The van der Waals surface area contributed by atoms with E-state index in [-0.39, 0.29) is 0 Å². The Morgan fingerprint density at radius 1 is 0.227 bits per heavy atom. The van der Waals surface area contributed by atoms with Crippen LogP contribution in [0.15, 0.2) is 225 Å². The fourth-order valence-electron chi connectivity index (χ4n) is 9.58. The molecule has 0 saturated carbocycles. The van der Waals surface area contributed by atoms with E-state index < -0.39 is 18.1 Å². The zero-order chi connectivity index (χ0) is 53.6. The highest BCUT2D eigenvalue weighted by molar-refractivity contribution is 5.85. The minimum absolute atomic E-state index is 0.855. The summed E-state index contributed by atoms with van der Waals surface area (Å²) in [4.78, 5) is 0. The molecule has 0 bridgehead atoms. The third-order valence-corrected chi connectivity index (χ3v) is 12.7. The van der Waals surface area contributed by atoms with Gasteiger partial charge in [-0.2, -0.15) is 0 Å². The lowest BCUT2D eigenvalue weighted by Crippen LogP contribution is -2.59. The number of nitrogens with zero attached hydrogens (tertiary/aromatic N) is 6. The number of hydrogen-bond acceptors (Lipinski definition) is 6. The molecule has 15 rings (SSSR count). The first-order valence-electron chi connectivity index (χ1n) is 24.4. The molecule has 9 aliphatic heterocycles. The lowest BCUT2D eigenvalue weighted by molar-refractivity contribution is -0.855. The monoisotopic (exact) mass is 1000 g/mol. The summed E-state index contributed by atoms with van der Waals surface area (Å²) in [5.41, 5.74) is 6.54. The fraction of sp³-hybridized carbons (Fsp3) is 0.143. The first-order chi connectivity index (χ1) is 37.1. The van der Waals surface area contributed by atoms with Crippen LogP contribution in [0.5, 0.6) is 34.5 Å². The lowest BCUT2D eigenvalue weighted by Gasteiger charge is -2.26. The Morgan fingerprint density at radius 3 is 0.507 bits per heavy atom. The smallest absolute Gasteiger partial charge is 0.341 e. The average molecular weight is 1000 g/mol. The van der Waals surface area contributed by atoms with Gasteiger partial charge in [0.1, 0.15) is 0 Å². The topological polar surface area (TPSA) is 73.4 Å². The second kappa shape index (κ2) is 23.9. The van der Waals surface area contributed by atoms with Gasteiger partial charge in [-0.25, -0.2) is 0 Å². The molecule has 6 aromatic rings. The molecule has 0 radical (unpaired) electrons. The molecule has 0 aliphatic carbocycles. The van der Waals surface area contributed by atoms with Crippen LogP contribution in [-0.4, -0.2) is 122 Å². The molecule has 3 spiro atoms. The Balaban J connectivity index is 0.000000149. The van der Waals surface area contributed by atoms with Crippen molar-refractivity contribution in [3.63, 3.8) is 0 Å². The Kier molecular flexibility index (Phi) is 17.0. The molecule has 3 fully saturated rings. The van der Waals surface area contributed by atoms with Crippen molar-refractivity contribution in [1.29, 1.82) is 0 Å². The van der Waals surface area contributed by atoms with Gasteiger partial charge in [0.2, 0.25) is 39.3 Å². The van der Waals surface area contributed by atoms with Crippen molar-refractivity contribution in [2.75, 3.05) is 39.3 Å². The van der Waals surface area contributed by atoms with Crippen molar-refractivity contribution in [3.8, 4) is 34.5 Å². The number of para-hydroxylation sites is 6. The molecule has 0 aromatic heterocycles. The number of benzene rings is 6. The van der Waals surface area contributed by atoms with Crippen LogP contribution < -0.4 is 28.4 Å². The van der Waals surface area contributed by atoms with Gasteiger partial charge >= 0.3 is 18.1 Å². The van der Waals surface area contributed by atoms with Crippen LogP contribution in [0.1, 0.15) is 33.4 Å². The molecule has 9 heterocycles. The van der Waals surface area contributed by atoms with Gasteiger partial charge in [0.25, 0.3) is 0 Å². The summed E-state index contributed by atoms with van der Waals surface area (Å²) in [6.07, 6.45) is 12.8. The Morgan fingerprint density at radius 2 is 0.360 bits per heavy atom. The summed E-state index contributed by atoms with van der Waals surface area (Å²) in [5.74, 6) is 5.13. The van der Waals surface area contributed by atoms with E-state index in [9.17, 15) is 0 Å². The van der Waals surface area contributed by atoms with E-state index in [1.165, 1.54) is 0 Å². The first kappa shape index (κ1) is 53.4. The molecule has 3 saturated heterocycles. The van der Waals surface area contributed by atoms with Crippen molar-refractivity contribution < 1.29 is 55.9 Å². The summed E-state index contributed by atoms with van der Waals surface area (Å²) < 4.78 is 50.4. The largest absolute Gasteiger partial charge is 0.704 e. The van der Waals surface area contributed by atoms with Crippen LogP contribution in [0.25, 0.3) is 0 Å². The van der Waals surface area contributed by atoms with Crippen molar-refractivity contribution in [3.05, 3.63) is 258 Å². The lowest BCUT2D eigenvalue weighted by atomic mass is 10.2. The van der Waals surface area contributed by atoms with Gasteiger partial charge in [-0.05, 0) is 72.8 Å². The SMILES string of the molecule is C1=[N+]2CC[N+]3=Cc4ccccc4OC23Oc2ccccc21.C1=[N+]2CC[N+]3=Cc4ccccc4OC23Oc2ccccc21.C1=[N+]2CC[N+]3=Cc4ccccc4OC23Oc2ccccc21.C=C.C=C.C=C.C=C.C=C.C=C. The molecule has 0 amide bonds. The Hall–Kier alpha value is -9.42. The minimum atomic E-state index is -0.872. The molecular formula is C63H66N6O6+6. The highest BCUT2D eigenvalue weighted by Gasteiger charge is 2.70. The van der Waals surface area contributed by atoms with Crippen LogP contribution >= 0.6 is 0 Å².